The van der Waals surface area contributed by atoms with Crippen molar-refractivity contribution in [2.45, 2.75) is 13.0 Å². The molecule has 108 valence electrons. The number of benzene rings is 1. The minimum atomic E-state index is -1.17. The van der Waals surface area contributed by atoms with Gasteiger partial charge in [0.2, 0.25) is 0 Å². The molecular weight excluding hydrogens is 280 g/mol. The van der Waals surface area contributed by atoms with Crippen molar-refractivity contribution in [2.24, 2.45) is 0 Å². The first-order chi connectivity index (χ1) is 10.1. The van der Waals surface area contributed by atoms with Crippen molar-refractivity contribution < 1.29 is 18.7 Å². The van der Waals surface area contributed by atoms with E-state index >= 15 is 0 Å². The smallest absolute Gasteiger partial charge is 0.354 e. The van der Waals surface area contributed by atoms with Gasteiger partial charge < -0.3 is 10.4 Å². The van der Waals surface area contributed by atoms with Crippen LogP contribution in [0, 0.1) is 11.6 Å². The summed E-state index contributed by atoms with van der Waals surface area (Å²) >= 11 is 0. The number of halogens is 2. The van der Waals surface area contributed by atoms with E-state index in [1.165, 1.54) is 6.07 Å². The number of rotatable bonds is 2. The van der Waals surface area contributed by atoms with Gasteiger partial charge in [0.25, 0.3) is 0 Å². The van der Waals surface area contributed by atoms with Gasteiger partial charge >= 0.3 is 5.97 Å². The van der Waals surface area contributed by atoms with Gasteiger partial charge in [0.1, 0.15) is 0 Å². The Morgan fingerprint density at radius 2 is 2.05 bits per heavy atom. The molecule has 0 spiro atoms. The molecule has 0 saturated carbocycles. The summed E-state index contributed by atoms with van der Waals surface area (Å²) in [7, 11) is 0. The van der Waals surface area contributed by atoms with Gasteiger partial charge in [0.05, 0.1) is 5.69 Å². The molecule has 1 aliphatic rings. The minimum Gasteiger partial charge on any atom is -0.476 e. The van der Waals surface area contributed by atoms with E-state index in [-0.39, 0.29) is 17.1 Å². The second-order valence-electron chi connectivity index (χ2n) is 4.68. The summed E-state index contributed by atoms with van der Waals surface area (Å²) in [4.78, 5) is 19.6. The molecule has 0 bridgehead atoms. The van der Waals surface area contributed by atoms with Crippen LogP contribution in [0.3, 0.4) is 0 Å². The molecule has 0 radical (unpaired) electrons. The van der Waals surface area contributed by atoms with Gasteiger partial charge in [0, 0.05) is 30.6 Å². The molecule has 1 aromatic heterocycles. The van der Waals surface area contributed by atoms with E-state index in [1.54, 1.807) is 0 Å². The lowest BCUT2D eigenvalue weighted by Crippen LogP contribution is -2.28. The Morgan fingerprint density at radius 1 is 1.24 bits per heavy atom. The summed E-state index contributed by atoms with van der Waals surface area (Å²) in [5, 5.41) is 12.3. The summed E-state index contributed by atoms with van der Waals surface area (Å²) in [5.74, 6) is -3.07. The molecule has 1 aromatic carbocycles. The number of hydrogen-bond acceptors (Lipinski definition) is 4. The second kappa shape index (κ2) is 5.17. The lowest BCUT2D eigenvalue weighted by Gasteiger charge is -2.18. The van der Waals surface area contributed by atoms with Crippen LogP contribution in [0.15, 0.2) is 18.2 Å². The van der Waals surface area contributed by atoms with Crippen molar-refractivity contribution in [3.05, 3.63) is 46.8 Å². The van der Waals surface area contributed by atoms with Gasteiger partial charge in [-0.05, 0) is 18.2 Å². The van der Waals surface area contributed by atoms with E-state index in [2.05, 4.69) is 15.3 Å². The van der Waals surface area contributed by atoms with Crippen LogP contribution in [0.25, 0.3) is 11.4 Å². The fraction of sp³-hybridized carbons (Fsp3) is 0.214. The summed E-state index contributed by atoms with van der Waals surface area (Å²) in [5.41, 5.74) is 1.31. The fourth-order valence-electron chi connectivity index (χ4n) is 2.28. The van der Waals surface area contributed by atoms with Gasteiger partial charge in [-0.2, -0.15) is 0 Å². The Bertz CT molecular complexity index is 734. The molecule has 2 aromatic rings. The van der Waals surface area contributed by atoms with Crippen molar-refractivity contribution in [3.63, 3.8) is 0 Å². The van der Waals surface area contributed by atoms with Crippen LogP contribution in [0.2, 0.25) is 0 Å². The van der Waals surface area contributed by atoms with Gasteiger partial charge in [-0.25, -0.2) is 23.5 Å². The highest BCUT2D eigenvalue weighted by Gasteiger charge is 2.22. The Labute approximate surface area is 118 Å². The number of aromatic nitrogens is 2. The van der Waals surface area contributed by atoms with Crippen LogP contribution in [-0.4, -0.2) is 27.6 Å². The SMILES string of the molecule is O=C(O)c1nc(-c2ccc(F)c(F)c2)nc2c1CNCC2. The Balaban J connectivity index is 2.16. The highest BCUT2D eigenvalue weighted by atomic mass is 19.2. The molecule has 0 aliphatic carbocycles. The Hall–Kier alpha value is -2.41. The maximum Gasteiger partial charge on any atom is 0.354 e. The van der Waals surface area contributed by atoms with Gasteiger partial charge in [0.15, 0.2) is 23.2 Å². The first kappa shape index (κ1) is 13.6. The molecular formula is C14H11F2N3O2. The molecule has 0 unspecified atom stereocenters. The van der Waals surface area contributed by atoms with Crippen molar-refractivity contribution in [3.8, 4) is 11.4 Å². The zero-order chi connectivity index (χ0) is 15.0. The standard InChI is InChI=1S/C14H11F2N3O2/c15-9-2-1-7(5-10(9)16)13-18-11-3-4-17-6-8(11)12(19-13)14(20)21/h1-2,5,17H,3-4,6H2,(H,20,21). The van der Waals surface area contributed by atoms with Crippen LogP contribution < -0.4 is 5.32 Å². The van der Waals surface area contributed by atoms with Gasteiger partial charge in [-0.3, -0.25) is 0 Å². The number of carboxylic acid groups (broad SMARTS) is 1. The fourth-order valence-corrected chi connectivity index (χ4v) is 2.28. The molecule has 0 fully saturated rings. The average molecular weight is 291 g/mol. The monoisotopic (exact) mass is 291 g/mol. The lowest BCUT2D eigenvalue weighted by atomic mass is 10.0. The number of hydrogen-bond donors (Lipinski definition) is 2. The van der Waals surface area contributed by atoms with Crippen LogP contribution in [0.5, 0.6) is 0 Å². The van der Waals surface area contributed by atoms with E-state index in [9.17, 15) is 18.7 Å². The van der Waals surface area contributed by atoms with Crippen molar-refractivity contribution in [2.75, 3.05) is 6.54 Å². The minimum absolute atomic E-state index is 0.0898. The molecule has 0 atom stereocenters. The maximum absolute atomic E-state index is 13.3. The van der Waals surface area contributed by atoms with E-state index < -0.39 is 17.6 Å². The number of fused-ring (bicyclic) bond motifs is 1. The number of carboxylic acids is 1. The second-order valence-corrected chi connectivity index (χ2v) is 4.68. The van der Waals surface area contributed by atoms with E-state index in [1.807, 2.05) is 0 Å². The van der Waals surface area contributed by atoms with E-state index in [4.69, 9.17) is 0 Å². The highest BCUT2D eigenvalue weighted by molar-refractivity contribution is 5.88. The van der Waals surface area contributed by atoms with E-state index in [0.717, 1.165) is 12.1 Å². The molecule has 7 heteroatoms. The van der Waals surface area contributed by atoms with Crippen LogP contribution in [0.1, 0.15) is 21.7 Å². The molecule has 2 heterocycles. The topological polar surface area (TPSA) is 75.1 Å². The van der Waals surface area contributed by atoms with Crippen LogP contribution in [-0.2, 0) is 13.0 Å². The first-order valence-corrected chi connectivity index (χ1v) is 6.35. The Morgan fingerprint density at radius 3 is 2.76 bits per heavy atom. The summed E-state index contributed by atoms with van der Waals surface area (Å²) in [6.45, 7) is 1.06. The quantitative estimate of drug-likeness (QED) is 0.882. The van der Waals surface area contributed by atoms with Gasteiger partial charge in [-0.1, -0.05) is 0 Å². The third kappa shape index (κ3) is 2.47. The summed E-state index contributed by atoms with van der Waals surface area (Å²) in [6.07, 6.45) is 0.564. The number of carbonyl (C=O) groups is 1. The van der Waals surface area contributed by atoms with Crippen molar-refractivity contribution >= 4 is 5.97 Å². The molecule has 1 aliphatic heterocycles. The van der Waals surface area contributed by atoms with Crippen LogP contribution in [0.4, 0.5) is 8.78 Å². The molecule has 3 rings (SSSR count). The van der Waals surface area contributed by atoms with Gasteiger partial charge in [-0.15, -0.1) is 0 Å². The molecule has 0 saturated heterocycles. The number of aromatic carboxylic acids is 1. The molecule has 0 amide bonds. The lowest BCUT2D eigenvalue weighted by molar-refractivity contribution is 0.0688. The first-order valence-electron chi connectivity index (χ1n) is 6.35. The number of nitrogens with zero attached hydrogens (tertiary/aromatic N) is 2. The zero-order valence-corrected chi connectivity index (χ0v) is 10.9. The van der Waals surface area contributed by atoms with Crippen molar-refractivity contribution in [1.29, 1.82) is 0 Å². The third-order valence-electron chi connectivity index (χ3n) is 3.31. The summed E-state index contributed by atoms with van der Waals surface area (Å²) < 4.78 is 26.3. The maximum atomic E-state index is 13.3. The molecule has 2 N–H and O–H groups in total. The van der Waals surface area contributed by atoms with Crippen LogP contribution >= 0.6 is 0 Å². The van der Waals surface area contributed by atoms with E-state index in [0.29, 0.717) is 30.8 Å². The normalized spacial score (nSPS) is 13.8. The third-order valence-corrected chi connectivity index (χ3v) is 3.31. The summed E-state index contributed by atoms with van der Waals surface area (Å²) in [6, 6.07) is 3.26. The highest BCUT2D eigenvalue weighted by Crippen LogP contribution is 2.23. The average Bonchev–Trinajstić information content (AvgIpc) is 2.48. The predicted octanol–water partition coefficient (Wildman–Crippen LogP) is 1.77. The molecule has 5 nitrogen and oxygen atoms in total. The zero-order valence-electron chi connectivity index (χ0n) is 10.9. The predicted molar refractivity (Wildman–Crippen MR) is 69.8 cm³/mol. The van der Waals surface area contributed by atoms with Crippen molar-refractivity contribution in [1.82, 2.24) is 15.3 Å². The Kier molecular flexibility index (Phi) is 3.34. The molecule has 21 heavy (non-hydrogen) atoms. The largest absolute Gasteiger partial charge is 0.476 e. The number of nitrogens with one attached hydrogen (secondary N) is 1.